The third kappa shape index (κ3) is 8.07. The number of fused-ring (bicyclic) bond motifs is 1. The number of anilines is 2. The van der Waals surface area contributed by atoms with Gasteiger partial charge in [0, 0.05) is 63.6 Å². The molecule has 3 fully saturated rings. The van der Waals surface area contributed by atoms with Crippen LogP contribution in [0.3, 0.4) is 0 Å². The first kappa shape index (κ1) is 36.1. The van der Waals surface area contributed by atoms with Gasteiger partial charge in [-0.25, -0.2) is 9.97 Å². The highest BCUT2D eigenvalue weighted by atomic mass is 19.4. The molecule has 0 spiro atoms. The highest BCUT2D eigenvalue weighted by Gasteiger charge is 2.40. The number of unbranched alkanes of at least 4 members (excludes halogenated alkanes) is 1. The summed E-state index contributed by atoms with van der Waals surface area (Å²) < 4.78 is 46.2. The van der Waals surface area contributed by atoms with Crippen LogP contribution < -0.4 is 19.9 Å². The number of nitrogens with one attached hydrogen (secondary N) is 1. The Balaban J connectivity index is 0.800. The average molecular weight is 731 g/mol. The number of piperidine rings is 2. The molecule has 4 aliphatic rings. The third-order valence-corrected chi connectivity index (χ3v) is 10.7. The maximum Gasteiger partial charge on any atom is 0.417 e. The van der Waals surface area contributed by atoms with Crippen LogP contribution in [0.5, 0.6) is 5.88 Å². The topological polar surface area (TPSA) is 135 Å². The van der Waals surface area contributed by atoms with Gasteiger partial charge in [-0.2, -0.15) is 18.4 Å². The molecule has 53 heavy (non-hydrogen) atoms. The molecule has 4 aliphatic heterocycles. The summed E-state index contributed by atoms with van der Waals surface area (Å²) in [6, 6.07) is 12.5. The highest BCUT2D eigenvalue weighted by molar-refractivity contribution is 6.05. The summed E-state index contributed by atoms with van der Waals surface area (Å²) in [6.07, 6.45) is 1.24. The van der Waals surface area contributed by atoms with Gasteiger partial charge in [-0.05, 0) is 80.5 Å². The molecule has 3 amide bonds. The normalized spacial score (nSPS) is 20.0. The number of carbonyl (C=O) groups excluding carboxylic acids is 3. The lowest BCUT2D eigenvalue weighted by molar-refractivity contribution is -0.138. The minimum atomic E-state index is -4.57. The summed E-state index contributed by atoms with van der Waals surface area (Å²) in [5.74, 6) is 0.694. The summed E-state index contributed by atoms with van der Waals surface area (Å²) in [5.41, 5.74) is 1.49. The Hall–Kier alpha value is -5.23. The molecular weight excluding hydrogens is 689 g/mol. The Bertz CT molecular complexity index is 1880. The molecule has 2 aromatic heterocycles. The Labute approximate surface area is 305 Å². The zero-order chi connectivity index (χ0) is 37.1. The number of benzene rings is 1. The van der Waals surface area contributed by atoms with Crippen LogP contribution >= 0.6 is 0 Å². The van der Waals surface area contributed by atoms with E-state index in [2.05, 4.69) is 20.1 Å². The molecule has 3 aromatic rings. The minimum Gasteiger partial charge on any atom is -0.478 e. The molecule has 15 heteroatoms. The molecule has 278 valence electrons. The van der Waals surface area contributed by atoms with Crippen LogP contribution in [-0.2, 0) is 22.3 Å². The van der Waals surface area contributed by atoms with Crippen molar-refractivity contribution in [2.45, 2.75) is 63.2 Å². The quantitative estimate of drug-likeness (QED) is 0.235. The second-order valence-electron chi connectivity index (χ2n) is 14.0. The van der Waals surface area contributed by atoms with E-state index in [0.29, 0.717) is 48.9 Å². The van der Waals surface area contributed by atoms with E-state index in [9.17, 15) is 27.6 Å². The van der Waals surface area contributed by atoms with Gasteiger partial charge < -0.3 is 19.4 Å². The fourth-order valence-electron chi connectivity index (χ4n) is 7.67. The van der Waals surface area contributed by atoms with E-state index in [4.69, 9.17) is 15.0 Å². The lowest BCUT2D eigenvalue weighted by Crippen LogP contribution is -2.52. The summed E-state index contributed by atoms with van der Waals surface area (Å²) in [5, 5.41) is 11.4. The number of halogens is 3. The smallest absolute Gasteiger partial charge is 0.417 e. The van der Waals surface area contributed by atoms with Crippen molar-refractivity contribution in [1.82, 2.24) is 25.1 Å². The number of rotatable bonds is 10. The van der Waals surface area contributed by atoms with Crippen LogP contribution in [0.25, 0.3) is 0 Å². The zero-order valence-corrected chi connectivity index (χ0v) is 29.3. The van der Waals surface area contributed by atoms with Gasteiger partial charge in [0.05, 0.1) is 41.6 Å². The maximum absolute atomic E-state index is 13.4. The molecule has 7 rings (SSSR count). The van der Waals surface area contributed by atoms with E-state index in [1.165, 1.54) is 11.0 Å². The molecule has 1 atom stereocenters. The molecule has 3 saturated heterocycles. The lowest BCUT2D eigenvalue weighted by Gasteiger charge is -2.35. The number of nitriles is 1. The minimum absolute atomic E-state index is 0.217. The first-order valence-electron chi connectivity index (χ1n) is 18.1. The van der Waals surface area contributed by atoms with Crippen LogP contribution in [0.4, 0.5) is 24.7 Å². The first-order chi connectivity index (χ1) is 25.6. The number of aromatic nitrogens is 2. The highest BCUT2D eigenvalue weighted by Crippen LogP contribution is 2.37. The van der Waals surface area contributed by atoms with Crippen LogP contribution in [-0.4, -0.2) is 96.0 Å². The van der Waals surface area contributed by atoms with Crippen molar-refractivity contribution in [2.75, 3.05) is 62.2 Å². The van der Waals surface area contributed by atoms with Gasteiger partial charge in [-0.15, -0.1) is 0 Å². The fraction of sp³-hybridized carbons (Fsp3) is 0.474. The molecule has 0 aliphatic carbocycles. The summed E-state index contributed by atoms with van der Waals surface area (Å²) >= 11 is 0. The Morgan fingerprint density at radius 1 is 0.925 bits per heavy atom. The lowest BCUT2D eigenvalue weighted by atomic mass is 9.90. The number of pyridine rings is 2. The molecule has 1 aromatic carbocycles. The number of imide groups is 1. The molecular formula is C38H41F3N8O4. The van der Waals surface area contributed by atoms with Gasteiger partial charge in [0.1, 0.15) is 11.9 Å². The number of alkyl halides is 3. The largest absolute Gasteiger partial charge is 0.478 e. The molecule has 6 heterocycles. The van der Waals surface area contributed by atoms with Crippen LogP contribution in [0.1, 0.15) is 77.2 Å². The fourth-order valence-corrected chi connectivity index (χ4v) is 7.67. The van der Waals surface area contributed by atoms with E-state index in [1.54, 1.807) is 18.2 Å². The summed E-state index contributed by atoms with van der Waals surface area (Å²) in [6.45, 7) is 6.42. The zero-order valence-electron chi connectivity index (χ0n) is 29.3. The number of hydrogen-bond acceptors (Lipinski definition) is 10. The van der Waals surface area contributed by atoms with Crippen LogP contribution in [0.2, 0.25) is 0 Å². The van der Waals surface area contributed by atoms with E-state index < -0.39 is 23.7 Å². The monoisotopic (exact) mass is 730 g/mol. The van der Waals surface area contributed by atoms with E-state index >= 15 is 0 Å². The predicted molar refractivity (Wildman–Crippen MR) is 188 cm³/mol. The average Bonchev–Trinajstić information content (AvgIpc) is 3.49. The molecule has 0 bridgehead atoms. The first-order valence-corrected chi connectivity index (χ1v) is 18.1. The Morgan fingerprint density at radius 3 is 2.42 bits per heavy atom. The SMILES string of the molecule is N#Cc1ccc(N2CCC(c3ccc(OCCCCN4CCN(c5ccc6c(n5)CN(C5CCC(=O)NC5=O)C6=O)CC4)nc3)CC2)cc1C(F)(F)F. The van der Waals surface area contributed by atoms with Crippen LogP contribution in [0, 0.1) is 11.3 Å². The standard InChI is InChI=1S/C38H41F3N8O4/c39-38(40,41)30-21-28(5-3-26(30)22-42)47-14-11-25(12-15-47)27-4-10-35(43-23-27)53-20-2-1-13-46-16-18-48(19-17-46)33-8-6-29-31(44-33)24-49(37(29)52)32-7-9-34(50)45-36(32)51/h3-6,8,10,21,23,25,32H,1-2,7,9,11-20,24H2,(H,45,50,51). The van der Waals surface area contributed by atoms with E-state index in [1.807, 2.05) is 29.3 Å². The van der Waals surface area contributed by atoms with Crippen molar-refractivity contribution in [3.8, 4) is 11.9 Å². The van der Waals surface area contributed by atoms with Crippen molar-refractivity contribution >= 4 is 29.2 Å². The molecule has 12 nitrogen and oxygen atoms in total. The second-order valence-corrected chi connectivity index (χ2v) is 14.0. The van der Waals surface area contributed by atoms with Crippen molar-refractivity contribution < 1.29 is 32.3 Å². The van der Waals surface area contributed by atoms with Gasteiger partial charge in [-0.1, -0.05) is 6.07 Å². The Morgan fingerprint density at radius 2 is 1.72 bits per heavy atom. The Kier molecular flexibility index (Phi) is 10.5. The summed E-state index contributed by atoms with van der Waals surface area (Å²) in [7, 11) is 0. The van der Waals surface area contributed by atoms with Crippen molar-refractivity contribution in [2.24, 2.45) is 0 Å². The van der Waals surface area contributed by atoms with E-state index in [-0.39, 0.29) is 36.3 Å². The number of hydrogen-bond donors (Lipinski definition) is 1. The van der Waals surface area contributed by atoms with E-state index in [0.717, 1.165) is 75.9 Å². The predicted octanol–water partition coefficient (Wildman–Crippen LogP) is 4.49. The number of ether oxygens (including phenoxy) is 1. The third-order valence-electron chi connectivity index (χ3n) is 10.7. The van der Waals surface area contributed by atoms with Gasteiger partial charge in [0.15, 0.2) is 0 Å². The van der Waals surface area contributed by atoms with Crippen LogP contribution in [0.15, 0.2) is 48.7 Å². The van der Waals surface area contributed by atoms with Gasteiger partial charge in [0.25, 0.3) is 5.91 Å². The molecule has 0 radical (unpaired) electrons. The number of carbonyl (C=O) groups is 3. The van der Waals surface area contributed by atoms with Gasteiger partial charge in [0.2, 0.25) is 17.7 Å². The van der Waals surface area contributed by atoms with Gasteiger partial charge in [-0.3, -0.25) is 24.6 Å². The number of amides is 3. The molecule has 0 saturated carbocycles. The van der Waals surface area contributed by atoms with Gasteiger partial charge >= 0.3 is 6.18 Å². The number of nitrogens with zero attached hydrogens (tertiary/aromatic N) is 7. The second kappa shape index (κ2) is 15.4. The molecule has 1 N–H and O–H groups in total. The van der Waals surface area contributed by atoms with Crippen molar-refractivity contribution in [1.29, 1.82) is 5.26 Å². The molecule has 1 unspecified atom stereocenters. The summed E-state index contributed by atoms with van der Waals surface area (Å²) in [4.78, 5) is 54.3. The van der Waals surface area contributed by atoms with Crippen molar-refractivity contribution in [3.05, 3.63) is 76.6 Å². The number of piperazine rings is 1. The van der Waals surface area contributed by atoms with Crippen molar-refractivity contribution in [3.63, 3.8) is 0 Å². The maximum atomic E-state index is 13.4.